The van der Waals surface area contributed by atoms with E-state index in [1.807, 2.05) is 61.7 Å². The molecule has 1 aliphatic carbocycles. The third kappa shape index (κ3) is 3.68. The van der Waals surface area contributed by atoms with E-state index in [1.54, 1.807) is 26.3 Å². The largest absolute Gasteiger partial charge is 0.496 e. The number of nitrogens with zero attached hydrogens (tertiary/aromatic N) is 1. The van der Waals surface area contributed by atoms with E-state index in [-0.39, 0.29) is 5.92 Å². The minimum atomic E-state index is -3.68. The highest BCUT2D eigenvalue weighted by Crippen LogP contribution is 2.49. The average Bonchev–Trinajstić information content (AvgIpc) is 3.48. The Bertz CT molecular complexity index is 1470. The maximum absolute atomic E-state index is 13.6. The summed E-state index contributed by atoms with van der Waals surface area (Å²) < 4.78 is 34.3. The fourth-order valence-corrected chi connectivity index (χ4v) is 6.30. The number of aromatic amines is 1. The van der Waals surface area contributed by atoms with Gasteiger partial charge in [-0.25, -0.2) is 8.42 Å². The molecule has 6 heteroatoms. The second kappa shape index (κ2) is 8.69. The van der Waals surface area contributed by atoms with Gasteiger partial charge >= 0.3 is 0 Å². The van der Waals surface area contributed by atoms with Crippen molar-refractivity contribution in [3.8, 4) is 5.75 Å². The molecule has 3 aromatic carbocycles. The molecule has 1 N–H and O–H groups in total. The van der Waals surface area contributed by atoms with Crippen molar-refractivity contribution in [1.82, 2.24) is 9.29 Å². The molecule has 0 amide bonds. The molecule has 0 aliphatic heterocycles. The van der Waals surface area contributed by atoms with Crippen molar-refractivity contribution < 1.29 is 13.2 Å². The van der Waals surface area contributed by atoms with Gasteiger partial charge in [-0.15, -0.1) is 0 Å². The zero-order valence-corrected chi connectivity index (χ0v) is 20.4. The van der Waals surface area contributed by atoms with E-state index in [1.165, 1.54) is 4.31 Å². The lowest BCUT2D eigenvalue weighted by molar-refractivity contribution is 0.419. The van der Waals surface area contributed by atoms with E-state index >= 15 is 0 Å². The van der Waals surface area contributed by atoms with Crippen LogP contribution in [-0.2, 0) is 10.0 Å². The zero-order chi connectivity index (χ0) is 23.9. The quantitative estimate of drug-likeness (QED) is 0.369. The molecule has 1 atom stereocenters. The Labute approximate surface area is 200 Å². The molecule has 5 rings (SSSR count). The lowest BCUT2D eigenvalue weighted by atomic mass is 9.88. The topological polar surface area (TPSA) is 62.4 Å². The van der Waals surface area contributed by atoms with Gasteiger partial charge in [-0.1, -0.05) is 54.1 Å². The fourth-order valence-electron chi connectivity index (χ4n) is 5.02. The third-order valence-corrected chi connectivity index (χ3v) is 8.58. The van der Waals surface area contributed by atoms with Crippen molar-refractivity contribution >= 4 is 26.5 Å². The highest BCUT2D eigenvalue weighted by Gasteiger charge is 2.35. The molecule has 174 valence electrons. The molecular weight excluding hydrogens is 444 g/mol. The summed E-state index contributed by atoms with van der Waals surface area (Å²) in [5.41, 5.74) is 6.08. The molecule has 5 nitrogen and oxygen atoms in total. The van der Waals surface area contributed by atoms with Gasteiger partial charge in [0.15, 0.2) is 0 Å². The lowest BCUT2D eigenvalue weighted by Gasteiger charge is -2.24. The first-order valence-corrected chi connectivity index (χ1v) is 12.8. The van der Waals surface area contributed by atoms with Crippen LogP contribution in [0.25, 0.3) is 16.5 Å². The monoisotopic (exact) mass is 472 g/mol. The molecule has 0 bridgehead atoms. The number of sulfonamides is 1. The van der Waals surface area contributed by atoms with E-state index in [0.717, 1.165) is 51.0 Å². The Morgan fingerprint density at radius 1 is 0.971 bits per heavy atom. The number of nitrogens with one attached hydrogen (secondary N) is 1. The van der Waals surface area contributed by atoms with Crippen LogP contribution in [0.3, 0.4) is 0 Å². The highest BCUT2D eigenvalue weighted by molar-refractivity contribution is 7.89. The van der Waals surface area contributed by atoms with E-state index in [4.69, 9.17) is 4.74 Å². The van der Waals surface area contributed by atoms with Crippen molar-refractivity contribution in [2.45, 2.75) is 30.6 Å². The number of hydrogen-bond acceptors (Lipinski definition) is 3. The lowest BCUT2D eigenvalue weighted by Crippen LogP contribution is -2.26. The molecule has 0 unspecified atom stereocenters. The van der Waals surface area contributed by atoms with E-state index in [9.17, 15) is 8.42 Å². The Morgan fingerprint density at radius 3 is 2.41 bits per heavy atom. The van der Waals surface area contributed by atoms with Crippen molar-refractivity contribution in [2.75, 3.05) is 14.2 Å². The molecule has 0 saturated carbocycles. The predicted molar refractivity (Wildman–Crippen MR) is 136 cm³/mol. The first kappa shape index (κ1) is 22.3. The molecule has 34 heavy (non-hydrogen) atoms. The molecular formula is C28H28N2O3S. The van der Waals surface area contributed by atoms with Gasteiger partial charge in [-0.05, 0) is 60.7 Å². The Kier molecular flexibility index (Phi) is 5.70. The summed E-state index contributed by atoms with van der Waals surface area (Å²) in [4.78, 5) is 3.69. The normalized spacial score (nSPS) is 16.3. The number of allylic oxidation sites excluding steroid dienone is 2. The minimum Gasteiger partial charge on any atom is -0.496 e. The number of hydrogen-bond donors (Lipinski definition) is 1. The standard InChI is InChI=1S/C28H28N2O3S/c1-19-12-14-21(15-13-19)34(31,32)30(2)25-17-16-22(27(25)20-8-5-4-6-9-20)23-18-29-24-10-7-11-26(33-3)28(23)24/h4-15,18,22,29H,16-17H2,1-3H3/t22-/m1/s1. The van der Waals surface area contributed by atoms with Gasteiger partial charge in [0.25, 0.3) is 10.0 Å². The summed E-state index contributed by atoms with van der Waals surface area (Å²) in [6.45, 7) is 1.95. The van der Waals surface area contributed by atoms with E-state index in [2.05, 4.69) is 17.1 Å². The van der Waals surface area contributed by atoms with Crippen LogP contribution >= 0.6 is 0 Å². The van der Waals surface area contributed by atoms with Gasteiger partial charge < -0.3 is 9.72 Å². The van der Waals surface area contributed by atoms with Gasteiger partial charge in [0, 0.05) is 35.8 Å². The van der Waals surface area contributed by atoms with E-state index in [0.29, 0.717) is 11.3 Å². The summed E-state index contributed by atoms with van der Waals surface area (Å²) in [5, 5.41) is 1.05. The molecule has 0 radical (unpaired) electrons. The number of methoxy groups -OCH3 is 1. The SMILES string of the molecule is COc1cccc2[nH]cc([C@H]3CCC(N(C)S(=O)(=O)c4ccc(C)cc4)=C3c3ccccc3)c12. The number of H-pyrrole nitrogens is 1. The molecule has 1 aliphatic rings. The Balaban J connectivity index is 1.68. The number of ether oxygens (including phenoxy) is 1. The van der Waals surface area contributed by atoms with Crippen LogP contribution in [0.15, 0.2) is 89.6 Å². The van der Waals surface area contributed by atoms with Crippen LogP contribution in [0.5, 0.6) is 5.75 Å². The van der Waals surface area contributed by atoms with Gasteiger partial charge in [0.1, 0.15) is 5.75 Å². The second-order valence-electron chi connectivity index (χ2n) is 8.73. The van der Waals surface area contributed by atoms with Crippen LogP contribution in [0, 0.1) is 6.92 Å². The fraction of sp³-hybridized carbons (Fsp3) is 0.214. The Morgan fingerprint density at radius 2 is 1.71 bits per heavy atom. The molecule has 1 aromatic heterocycles. The van der Waals surface area contributed by atoms with Crippen molar-refractivity contribution in [2.24, 2.45) is 0 Å². The molecule has 0 fully saturated rings. The summed E-state index contributed by atoms with van der Waals surface area (Å²) in [7, 11) is -0.330. The summed E-state index contributed by atoms with van der Waals surface area (Å²) >= 11 is 0. The zero-order valence-electron chi connectivity index (χ0n) is 19.6. The predicted octanol–water partition coefficient (Wildman–Crippen LogP) is 6.09. The summed E-state index contributed by atoms with van der Waals surface area (Å²) in [5.74, 6) is 0.855. The van der Waals surface area contributed by atoms with Gasteiger partial charge in [0.05, 0.1) is 12.0 Å². The molecule has 4 aromatic rings. The molecule has 0 spiro atoms. The smallest absolute Gasteiger partial charge is 0.263 e. The van der Waals surface area contributed by atoms with Crippen molar-refractivity contribution in [3.63, 3.8) is 0 Å². The number of aryl methyl sites for hydroxylation is 1. The highest BCUT2D eigenvalue weighted by atomic mass is 32.2. The second-order valence-corrected chi connectivity index (χ2v) is 10.7. The summed E-state index contributed by atoms with van der Waals surface area (Å²) in [6, 6.07) is 23.1. The first-order valence-electron chi connectivity index (χ1n) is 11.4. The van der Waals surface area contributed by atoms with Crippen LogP contribution in [-0.4, -0.2) is 31.9 Å². The van der Waals surface area contributed by atoms with Crippen LogP contribution in [0.4, 0.5) is 0 Å². The van der Waals surface area contributed by atoms with Crippen LogP contribution < -0.4 is 4.74 Å². The first-order chi connectivity index (χ1) is 16.4. The maximum Gasteiger partial charge on any atom is 0.263 e. The molecule has 1 heterocycles. The van der Waals surface area contributed by atoms with Crippen molar-refractivity contribution in [3.05, 3.63) is 101 Å². The number of fused-ring (bicyclic) bond motifs is 1. The minimum absolute atomic E-state index is 0.0399. The van der Waals surface area contributed by atoms with Gasteiger partial charge in [-0.2, -0.15) is 0 Å². The average molecular weight is 473 g/mol. The van der Waals surface area contributed by atoms with Crippen molar-refractivity contribution in [1.29, 1.82) is 0 Å². The summed E-state index contributed by atoms with van der Waals surface area (Å²) in [6.07, 6.45) is 3.52. The third-order valence-electron chi connectivity index (χ3n) is 6.77. The Hall–Kier alpha value is -3.51. The van der Waals surface area contributed by atoms with E-state index < -0.39 is 10.0 Å². The number of aromatic nitrogens is 1. The number of benzene rings is 3. The molecule has 0 saturated heterocycles. The van der Waals surface area contributed by atoms with Gasteiger partial charge in [0.2, 0.25) is 0 Å². The van der Waals surface area contributed by atoms with Crippen LogP contribution in [0.2, 0.25) is 0 Å². The van der Waals surface area contributed by atoms with Gasteiger partial charge in [-0.3, -0.25) is 4.31 Å². The number of rotatable bonds is 6. The maximum atomic E-state index is 13.6. The van der Waals surface area contributed by atoms with Crippen LogP contribution in [0.1, 0.15) is 35.4 Å².